The fourth-order valence-electron chi connectivity index (χ4n) is 3.25. The van der Waals surface area contributed by atoms with Crippen LogP contribution in [-0.2, 0) is 34.3 Å². The zero-order valence-electron chi connectivity index (χ0n) is 18.5. The number of nitrogens with one attached hydrogen (secondary N) is 2. The number of likely N-dealkylation sites (N-methyl/N-ethyl adjacent to an activating group) is 1. The second kappa shape index (κ2) is 10.1. The zero-order chi connectivity index (χ0) is 24.1. The SMILES string of the molecule is CNC(=O)C(Cc1ccc(C(C)(F)F)cc1)NC(=O)C(C)Cc1ccc(C(C)(F)F)cc1. The molecule has 8 heteroatoms. The van der Waals surface area contributed by atoms with Crippen LogP contribution in [-0.4, -0.2) is 24.9 Å². The Morgan fingerprint density at radius 2 is 1.19 bits per heavy atom. The molecule has 0 radical (unpaired) electrons. The Labute approximate surface area is 185 Å². The van der Waals surface area contributed by atoms with E-state index in [0.717, 1.165) is 13.8 Å². The van der Waals surface area contributed by atoms with E-state index in [4.69, 9.17) is 0 Å². The highest BCUT2D eigenvalue weighted by Crippen LogP contribution is 2.28. The van der Waals surface area contributed by atoms with E-state index in [0.29, 0.717) is 17.5 Å². The molecule has 0 aliphatic carbocycles. The molecule has 4 nitrogen and oxygen atoms in total. The van der Waals surface area contributed by atoms with Crippen LogP contribution in [0, 0.1) is 5.92 Å². The standard InChI is InChI=1S/C24H28F4N2O2/c1-15(13-16-5-9-18(10-6-16)23(2,25)26)21(31)30-20(22(32)29-4)14-17-7-11-19(12-8-17)24(3,27)28/h5-12,15,20H,13-14H2,1-4H3,(H,29,32)(H,30,31). The fraction of sp³-hybridized carbons (Fsp3) is 0.417. The first-order valence-electron chi connectivity index (χ1n) is 10.3. The zero-order valence-corrected chi connectivity index (χ0v) is 18.5. The van der Waals surface area contributed by atoms with Crippen molar-refractivity contribution in [2.75, 3.05) is 7.05 Å². The van der Waals surface area contributed by atoms with E-state index in [1.165, 1.54) is 43.4 Å². The highest BCUT2D eigenvalue weighted by molar-refractivity contribution is 5.88. The quantitative estimate of drug-likeness (QED) is 0.548. The Morgan fingerprint density at radius 3 is 1.56 bits per heavy atom. The van der Waals surface area contributed by atoms with Crippen molar-refractivity contribution in [3.8, 4) is 0 Å². The van der Waals surface area contributed by atoms with Crippen molar-refractivity contribution in [2.45, 2.75) is 51.5 Å². The first-order valence-corrected chi connectivity index (χ1v) is 10.3. The summed E-state index contributed by atoms with van der Waals surface area (Å²) in [5.41, 5.74) is 1.09. The van der Waals surface area contributed by atoms with Crippen molar-refractivity contribution in [1.82, 2.24) is 10.6 Å². The van der Waals surface area contributed by atoms with E-state index < -0.39 is 29.7 Å². The molecule has 0 aliphatic heterocycles. The largest absolute Gasteiger partial charge is 0.357 e. The van der Waals surface area contributed by atoms with E-state index in [-0.39, 0.29) is 23.5 Å². The van der Waals surface area contributed by atoms with Crippen LogP contribution in [0.3, 0.4) is 0 Å². The first kappa shape index (κ1) is 25.4. The van der Waals surface area contributed by atoms with Gasteiger partial charge in [-0.05, 0) is 17.5 Å². The van der Waals surface area contributed by atoms with E-state index in [9.17, 15) is 27.2 Å². The number of carbonyl (C=O) groups is 2. The number of benzene rings is 2. The summed E-state index contributed by atoms with van der Waals surface area (Å²) in [4.78, 5) is 24.9. The number of halogens is 4. The van der Waals surface area contributed by atoms with Gasteiger partial charge in [-0.2, -0.15) is 0 Å². The molecule has 0 saturated heterocycles. The maximum absolute atomic E-state index is 13.4. The normalized spacial score (nSPS) is 13.9. The minimum Gasteiger partial charge on any atom is -0.357 e. The van der Waals surface area contributed by atoms with Crippen molar-refractivity contribution in [3.63, 3.8) is 0 Å². The van der Waals surface area contributed by atoms with Gasteiger partial charge in [-0.1, -0.05) is 55.5 Å². The molecule has 0 heterocycles. The van der Waals surface area contributed by atoms with E-state index in [1.807, 2.05) is 0 Å². The minimum atomic E-state index is -2.96. The van der Waals surface area contributed by atoms with E-state index >= 15 is 0 Å². The third kappa shape index (κ3) is 7.07. The Balaban J connectivity index is 2.04. The number of hydrogen-bond acceptors (Lipinski definition) is 2. The summed E-state index contributed by atoms with van der Waals surface area (Å²) in [6.07, 6.45) is 0.441. The Morgan fingerprint density at radius 1 is 0.781 bits per heavy atom. The molecule has 0 aliphatic rings. The summed E-state index contributed by atoms with van der Waals surface area (Å²) < 4.78 is 53.5. The van der Waals surface area contributed by atoms with E-state index in [2.05, 4.69) is 10.6 Å². The van der Waals surface area contributed by atoms with Crippen molar-refractivity contribution in [3.05, 3.63) is 70.8 Å². The second-order valence-electron chi connectivity index (χ2n) is 8.16. The lowest BCUT2D eigenvalue weighted by molar-refractivity contribution is -0.130. The van der Waals surface area contributed by atoms with Crippen LogP contribution < -0.4 is 10.6 Å². The number of hydrogen-bond donors (Lipinski definition) is 2. The van der Waals surface area contributed by atoms with Crippen LogP contribution in [0.15, 0.2) is 48.5 Å². The first-order chi connectivity index (χ1) is 14.8. The van der Waals surface area contributed by atoms with Crippen LogP contribution in [0.2, 0.25) is 0 Å². The van der Waals surface area contributed by atoms with Gasteiger partial charge in [0.05, 0.1) is 0 Å². The molecule has 2 aromatic carbocycles. The Bertz CT molecular complexity index is 917. The molecule has 2 unspecified atom stereocenters. The van der Waals surface area contributed by atoms with Crippen molar-refractivity contribution >= 4 is 11.8 Å². The number of amides is 2. The average Bonchev–Trinajstić information content (AvgIpc) is 2.72. The summed E-state index contributed by atoms with van der Waals surface area (Å²) in [7, 11) is 1.44. The molecule has 2 rings (SSSR count). The number of alkyl halides is 4. The van der Waals surface area contributed by atoms with Crippen molar-refractivity contribution < 1.29 is 27.2 Å². The highest BCUT2D eigenvalue weighted by atomic mass is 19.3. The lowest BCUT2D eigenvalue weighted by Crippen LogP contribution is -2.48. The summed E-state index contributed by atoms with van der Waals surface area (Å²) in [6, 6.07) is 10.5. The molecule has 0 bridgehead atoms. The van der Waals surface area contributed by atoms with Crippen molar-refractivity contribution in [2.24, 2.45) is 5.92 Å². The topological polar surface area (TPSA) is 58.2 Å². The minimum absolute atomic E-state index is 0.107. The fourth-order valence-corrected chi connectivity index (χ4v) is 3.25. The van der Waals surface area contributed by atoms with Gasteiger partial charge in [0.1, 0.15) is 6.04 Å². The van der Waals surface area contributed by atoms with Crippen LogP contribution in [0.1, 0.15) is 43.0 Å². The van der Waals surface area contributed by atoms with Gasteiger partial charge in [-0.15, -0.1) is 0 Å². The second-order valence-corrected chi connectivity index (χ2v) is 8.16. The lowest BCUT2D eigenvalue weighted by atomic mass is 9.97. The molecule has 0 spiro atoms. The van der Waals surface area contributed by atoms with Gasteiger partial charge >= 0.3 is 0 Å². The third-order valence-electron chi connectivity index (χ3n) is 5.23. The molecule has 2 atom stereocenters. The molecule has 0 aromatic heterocycles. The van der Waals surface area contributed by atoms with Gasteiger partial charge in [-0.25, -0.2) is 17.6 Å². The summed E-state index contributed by atoms with van der Waals surface area (Å²) in [5.74, 6) is -7.21. The van der Waals surface area contributed by atoms with Crippen molar-refractivity contribution in [1.29, 1.82) is 0 Å². The van der Waals surface area contributed by atoms with Crippen LogP contribution in [0.25, 0.3) is 0 Å². The molecule has 0 saturated carbocycles. The maximum Gasteiger partial charge on any atom is 0.270 e. The van der Waals surface area contributed by atoms with Gasteiger partial charge in [-0.3, -0.25) is 9.59 Å². The summed E-state index contributed by atoms with van der Waals surface area (Å²) in [5, 5.41) is 5.19. The summed E-state index contributed by atoms with van der Waals surface area (Å²) >= 11 is 0. The molecular weight excluding hydrogens is 424 g/mol. The van der Waals surface area contributed by atoms with E-state index in [1.54, 1.807) is 19.1 Å². The van der Waals surface area contributed by atoms with Gasteiger partial charge in [0.25, 0.3) is 11.8 Å². The van der Waals surface area contributed by atoms with Crippen LogP contribution in [0.5, 0.6) is 0 Å². The predicted octanol–water partition coefficient (Wildman–Crippen LogP) is 4.56. The molecule has 0 fully saturated rings. The molecule has 174 valence electrons. The molecular formula is C24H28F4N2O2. The highest BCUT2D eigenvalue weighted by Gasteiger charge is 2.26. The van der Waals surface area contributed by atoms with Gasteiger partial charge < -0.3 is 10.6 Å². The van der Waals surface area contributed by atoms with Gasteiger partial charge in [0.2, 0.25) is 11.8 Å². The predicted molar refractivity (Wildman–Crippen MR) is 115 cm³/mol. The third-order valence-corrected chi connectivity index (χ3v) is 5.23. The number of carbonyl (C=O) groups excluding carboxylic acids is 2. The van der Waals surface area contributed by atoms with Gasteiger partial charge in [0, 0.05) is 44.4 Å². The Kier molecular flexibility index (Phi) is 8.04. The number of rotatable bonds is 9. The monoisotopic (exact) mass is 452 g/mol. The smallest absolute Gasteiger partial charge is 0.270 e. The molecule has 32 heavy (non-hydrogen) atoms. The molecule has 2 N–H and O–H groups in total. The maximum atomic E-state index is 13.4. The van der Waals surface area contributed by atoms with Crippen LogP contribution >= 0.6 is 0 Å². The summed E-state index contributed by atoms with van der Waals surface area (Å²) in [6.45, 7) is 3.30. The van der Waals surface area contributed by atoms with Gasteiger partial charge in [0.15, 0.2) is 0 Å². The Hall–Kier alpha value is -2.90. The van der Waals surface area contributed by atoms with Crippen LogP contribution in [0.4, 0.5) is 17.6 Å². The molecule has 2 aromatic rings. The average molecular weight is 452 g/mol. The molecule has 2 amide bonds. The lowest BCUT2D eigenvalue weighted by Gasteiger charge is -2.21.